The van der Waals surface area contributed by atoms with E-state index in [0.29, 0.717) is 31.5 Å². The minimum absolute atomic E-state index is 0.0105. The van der Waals surface area contributed by atoms with E-state index in [1.165, 1.54) is 0 Å². The van der Waals surface area contributed by atoms with Crippen LogP contribution in [-0.4, -0.2) is 48.5 Å². The Kier molecular flexibility index (Phi) is 5.79. The molecule has 8 heteroatoms. The van der Waals surface area contributed by atoms with Gasteiger partial charge in [0.25, 0.3) is 5.91 Å². The normalized spacial score (nSPS) is 20.4. The third kappa shape index (κ3) is 4.63. The number of anilines is 1. The summed E-state index contributed by atoms with van der Waals surface area (Å²) in [4.78, 5) is 39.2. The van der Waals surface area contributed by atoms with Crippen molar-refractivity contribution >= 4 is 23.4 Å². The second kappa shape index (κ2) is 8.67. The Labute approximate surface area is 180 Å². The molecule has 2 aromatic rings. The van der Waals surface area contributed by atoms with E-state index in [1.54, 1.807) is 18.1 Å². The highest BCUT2D eigenvalue weighted by Gasteiger charge is 2.40. The lowest BCUT2D eigenvalue weighted by Gasteiger charge is -2.39. The van der Waals surface area contributed by atoms with Crippen molar-refractivity contribution in [3.05, 3.63) is 59.7 Å². The van der Waals surface area contributed by atoms with Gasteiger partial charge in [-0.15, -0.1) is 0 Å². The van der Waals surface area contributed by atoms with Crippen molar-refractivity contribution in [3.8, 4) is 5.75 Å². The fourth-order valence-corrected chi connectivity index (χ4v) is 4.05. The van der Waals surface area contributed by atoms with Crippen molar-refractivity contribution < 1.29 is 19.1 Å². The number of amides is 3. The highest BCUT2D eigenvalue weighted by atomic mass is 16.5. The Morgan fingerprint density at radius 2 is 1.97 bits per heavy atom. The first-order chi connectivity index (χ1) is 15.0. The van der Waals surface area contributed by atoms with E-state index in [1.807, 2.05) is 42.5 Å². The molecule has 31 heavy (non-hydrogen) atoms. The van der Waals surface area contributed by atoms with E-state index in [4.69, 9.17) is 4.74 Å². The lowest BCUT2D eigenvalue weighted by Crippen LogP contribution is -2.58. The highest BCUT2D eigenvalue weighted by molar-refractivity contribution is 6.02. The standard InChI is InChI=1S/C23H26N4O4/c1-31-17-6-4-5-16(13-17)14-24-20(28)15-27-12-11-23(10-9-21(27)29)25-19-8-3-2-7-18(19)22(30)26-23/h2-8,13,25H,9-12,14-15H2,1H3,(H,24,28)(H,26,30). The molecular formula is C23H26N4O4. The minimum atomic E-state index is -0.688. The van der Waals surface area contributed by atoms with Crippen molar-refractivity contribution in [2.75, 3.05) is 25.5 Å². The Hall–Kier alpha value is -3.55. The van der Waals surface area contributed by atoms with E-state index in [9.17, 15) is 14.4 Å². The van der Waals surface area contributed by atoms with Gasteiger partial charge in [0.05, 0.1) is 19.2 Å². The Morgan fingerprint density at radius 3 is 2.81 bits per heavy atom. The van der Waals surface area contributed by atoms with Gasteiger partial charge in [-0.05, 0) is 36.2 Å². The second-order valence-corrected chi connectivity index (χ2v) is 7.90. The predicted octanol–water partition coefficient (Wildman–Crippen LogP) is 1.88. The quantitative estimate of drug-likeness (QED) is 0.683. The Balaban J connectivity index is 1.36. The molecule has 2 aliphatic rings. The maximum atomic E-state index is 12.6. The zero-order chi connectivity index (χ0) is 21.8. The first-order valence-corrected chi connectivity index (χ1v) is 10.4. The van der Waals surface area contributed by atoms with Crippen molar-refractivity contribution in [2.24, 2.45) is 0 Å². The number of fused-ring (bicyclic) bond motifs is 1. The number of nitrogens with zero attached hydrogens (tertiary/aromatic N) is 1. The van der Waals surface area contributed by atoms with Gasteiger partial charge in [0.15, 0.2) is 0 Å². The Morgan fingerprint density at radius 1 is 1.13 bits per heavy atom. The van der Waals surface area contributed by atoms with Gasteiger partial charge in [-0.2, -0.15) is 0 Å². The second-order valence-electron chi connectivity index (χ2n) is 7.90. The van der Waals surface area contributed by atoms with Crippen LogP contribution in [-0.2, 0) is 16.1 Å². The van der Waals surface area contributed by atoms with Crippen LogP contribution in [0.3, 0.4) is 0 Å². The van der Waals surface area contributed by atoms with Crippen LogP contribution in [0.5, 0.6) is 5.75 Å². The van der Waals surface area contributed by atoms with Gasteiger partial charge < -0.3 is 25.6 Å². The van der Waals surface area contributed by atoms with Crippen LogP contribution in [0.15, 0.2) is 48.5 Å². The average Bonchev–Trinajstić information content (AvgIpc) is 2.92. The van der Waals surface area contributed by atoms with Gasteiger partial charge in [0.1, 0.15) is 11.4 Å². The number of carbonyl (C=O) groups is 3. The van der Waals surface area contributed by atoms with Crippen molar-refractivity contribution in [1.29, 1.82) is 0 Å². The molecule has 2 aromatic carbocycles. The van der Waals surface area contributed by atoms with E-state index in [-0.39, 0.29) is 30.7 Å². The molecule has 2 aliphatic heterocycles. The molecule has 4 rings (SSSR count). The molecule has 1 spiro atoms. The average molecular weight is 422 g/mol. The number of rotatable bonds is 5. The number of ether oxygens (including phenoxy) is 1. The number of hydrogen-bond acceptors (Lipinski definition) is 5. The summed E-state index contributed by atoms with van der Waals surface area (Å²) in [6, 6.07) is 14.8. The van der Waals surface area contributed by atoms with E-state index in [0.717, 1.165) is 17.0 Å². The van der Waals surface area contributed by atoms with Crippen molar-refractivity contribution in [1.82, 2.24) is 15.5 Å². The third-order valence-corrected chi connectivity index (χ3v) is 5.78. The maximum absolute atomic E-state index is 12.6. The van der Waals surface area contributed by atoms with Crippen LogP contribution < -0.4 is 20.7 Å². The molecule has 0 saturated carbocycles. The molecule has 2 heterocycles. The lowest BCUT2D eigenvalue weighted by atomic mass is 9.95. The van der Waals surface area contributed by atoms with E-state index < -0.39 is 5.66 Å². The molecule has 3 N–H and O–H groups in total. The monoisotopic (exact) mass is 422 g/mol. The van der Waals surface area contributed by atoms with Crippen LogP contribution in [0.2, 0.25) is 0 Å². The van der Waals surface area contributed by atoms with Crippen LogP contribution in [0, 0.1) is 0 Å². The smallest absolute Gasteiger partial charge is 0.255 e. The fourth-order valence-electron chi connectivity index (χ4n) is 4.05. The molecule has 0 aromatic heterocycles. The number of carbonyl (C=O) groups excluding carboxylic acids is 3. The summed E-state index contributed by atoms with van der Waals surface area (Å²) in [5, 5.41) is 9.31. The van der Waals surface area contributed by atoms with Gasteiger partial charge in [0.2, 0.25) is 11.8 Å². The number of hydrogen-bond donors (Lipinski definition) is 3. The first kappa shape index (κ1) is 20.7. The number of benzene rings is 2. The van der Waals surface area contributed by atoms with Gasteiger partial charge in [-0.3, -0.25) is 14.4 Å². The molecule has 3 amide bonds. The number of para-hydroxylation sites is 1. The SMILES string of the molecule is COc1cccc(CNC(=O)CN2CCC3(CCC2=O)NC(=O)c2ccccc2N3)c1. The van der Waals surface area contributed by atoms with Gasteiger partial charge in [-0.25, -0.2) is 0 Å². The summed E-state index contributed by atoms with van der Waals surface area (Å²) < 4.78 is 5.19. The number of likely N-dealkylation sites (tertiary alicyclic amines) is 1. The highest BCUT2D eigenvalue weighted by Crippen LogP contribution is 2.31. The van der Waals surface area contributed by atoms with Gasteiger partial charge in [-0.1, -0.05) is 24.3 Å². The molecule has 0 bridgehead atoms. The summed E-state index contributed by atoms with van der Waals surface area (Å²) in [5.41, 5.74) is 1.59. The largest absolute Gasteiger partial charge is 0.497 e. The van der Waals surface area contributed by atoms with Crippen LogP contribution in [0.25, 0.3) is 0 Å². The van der Waals surface area contributed by atoms with Crippen LogP contribution in [0.1, 0.15) is 35.2 Å². The van der Waals surface area contributed by atoms with Crippen molar-refractivity contribution in [3.63, 3.8) is 0 Å². The molecule has 162 valence electrons. The lowest BCUT2D eigenvalue weighted by molar-refractivity contribution is -0.135. The molecule has 1 fully saturated rings. The zero-order valence-corrected chi connectivity index (χ0v) is 17.4. The zero-order valence-electron chi connectivity index (χ0n) is 17.4. The molecule has 1 saturated heterocycles. The minimum Gasteiger partial charge on any atom is -0.497 e. The fraction of sp³-hybridized carbons (Fsp3) is 0.348. The summed E-state index contributed by atoms with van der Waals surface area (Å²) in [6.07, 6.45) is 1.23. The molecular weight excluding hydrogens is 396 g/mol. The Bertz CT molecular complexity index is 1010. The van der Waals surface area contributed by atoms with Crippen LogP contribution in [0.4, 0.5) is 5.69 Å². The van der Waals surface area contributed by atoms with Crippen molar-refractivity contribution in [2.45, 2.75) is 31.5 Å². The molecule has 8 nitrogen and oxygen atoms in total. The maximum Gasteiger partial charge on any atom is 0.255 e. The molecule has 1 unspecified atom stereocenters. The number of nitrogens with one attached hydrogen (secondary N) is 3. The summed E-state index contributed by atoms with van der Waals surface area (Å²) >= 11 is 0. The predicted molar refractivity (Wildman–Crippen MR) is 116 cm³/mol. The topological polar surface area (TPSA) is 99.8 Å². The van der Waals surface area contributed by atoms with Gasteiger partial charge >= 0.3 is 0 Å². The third-order valence-electron chi connectivity index (χ3n) is 5.78. The molecule has 1 atom stereocenters. The molecule has 0 radical (unpaired) electrons. The number of methoxy groups -OCH3 is 1. The summed E-state index contributed by atoms with van der Waals surface area (Å²) in [6.45, 7) is 0.723. The van der Waals surface area contributed by atoms with Gasteiger partial charge in [0, 0.05) is 31.6 Å². The first-order valence-electron chi connectivity index (χ1n) is 10.4. The molecule has 0 aliphatic carbocycles. The van der Waals surface area contributed by atoms with Crippen LogP contribution >= 0.6 is 0 Å². The van der Waals surface area contributed by atoms with E-state index >= 15 is 0 Å². The summed E-state index contributed by atoms with van der Waals surface area (Å²) in [7, 11) is 1.59. The summed E-state index contributed by atoms with van der Waals surface area (Å²) in [5.74, 6) is 0.260. The van der Waals surface area contributed by atoms with E-state index in [2.05, 4.69) is 16.0 Å².